The molecule has 4 aromatic rings. The Morgan fingerprint density at radius 1 is 0.906 bits per heavy atom. The van der Waals surface area contributed by atoms with Crippen molar-refractivity contribution in [1.82, 2.24) is 30.0 Å². The number of rotatable bonds is 17. The van der Waals surface area contributed by atoms with E-state index in [1.807, 2.05) is 41.3 Å². The van der Waals surface area contributed by atoms with Crippen LogP contribution in [-0.2, 0) is 44.8 Å². The fourth-order valence-corrected chi connectivity index (χ4v) is 10.6. The largest absolute Gasteiger partial charge is 0.371 e. The van der Waals surface area contributed by atoms with Crippen LogP contribution >= 0.6 is 18.7 Å². The number of anilines is 5. The zero-order valence-electron chi connectivity index (χ0n) is 37.7. The molecule has 3 amide bonds. The highest BCUT2D eigenvalue weighted by Crippen LogP contribution is 2.39. The van der Waals surface area contributed by atoms with E-state index in [0.717, 1.165) is 80.3 Å². The van der Waals surface area contributed by atoms with Gasteiger partial charge in [0.05, 0.1) is 17.9 Å². The van der Waals surface area contributed by atoms with E-state index >= 15 is 0 Å². The molecule has 0 radical (unpaired) electrons. The molecule has 2 saturated heterocycles. The van der Waals surface area contributed by atoms with Crippen molar-refractivity contribution in [3.05, 3.63) is 93.6 Å². The van der Waals surface area contributed by atoms with E-state index in [4.69, 9.17) is 16.6 Å². The molecule has 7 rings (SSSR count). The van der Waals surface area contributed by atoms with Gasteiger partial charge >= 0.3 is 0 Å². The van der Waals surface area contributed by atoms with E-state index in [-0.39, 0.29) is 30.6 Å². The average molecular weight is 911 g/mol. The Morgan fingerprint density at radius 3 is 2.33 bits per heavy atom. The van der Waals surface area contributed by atoms with Gasteiger partial charge in [0.15, 0.2) is 5.82 Å². The second-order valence-corrected chi connectivity index (χ2v) is 20.9. The summed E-state index contributed by atoms with van der Waals surface area (Å²) in [5.41, 5.74) is 7.74. The predicted molar refractivity (Wildman–Crippen MR) is 256 cm³/mol. The molecular formula is C48H61ClN9O5P. The standard InChI is InChI=1S/C48H61ClN9O5P/c1-6-32-28-42(33(7-2)27-41(32)53-48-51-29-39(49)46(54-48)52-40-13-8-9-14-43(40)64(4,5)63)56-21-19-35(20-22-56)55-23-25-57(26-24-55)45(61)18-15-34-11-10-12-37-38(34)30-58(47(37)62)36(31-59)16-17-44(60)50-3/h8-14,27-29,31,35-36H,6-7,15-26,30H2,1-5H3,(H,50,60)(H2,51,52,53,54). The van der Waals surface area contributed by atoms with Crippen LogP contribution in [0.3, 0.4) is 0 Å². The van der Waals surface area contributed by atoms with E-state index in [0.29, 0.717) is 66.6 Å². The minimum Gasteiger partial charge on any atom is -0.371 e. The highest BCUT2D eigenvalue weighted by molar-refractivity contribution is 7.70. The van der Waals surface area contributed by atoms with Gasteiger partial charge in [-0.1, -0.05) is 49.7 Å². The number of amides is 3. The number of nitrogens with one attached hydrogen (secondary N) is 3. The number of hydrogen-bond acceptors (Lipinski definition) is 11. The van der Waals surface area contributed by atoms with E-state index in [1.54, 1.807) is 37.5 Å². The quantitative estimate of drug-likeness (QED) is 0.0757. The molecule has 3 aromatic carbocycles. The lowest BCUT2D eigenvalue weighted by molar-refractivity contribution is -0.133. The molecular weight excluding hydrogens is 849 g/mol. The van der Waals surface area contributed by atoms with E-state index in [2.05, 4.69) is 56.7 Å². The molecule has 64 heavy (non-hydrogen) atoms. The number of carbonyl (C=O) groups excluding carboxylic acids is 4. The highest BCUT2D eigenvalue weighted by Gasteiger charge is 2.35. The fraction of sp³-hybridized carbons (Fsp3) is 0.458. The number of carbonyl (C=O) groups is 4. The first-order valence-corrected chi connectivity index (χ1v) is 25.5. The summed E-state index contributed by atoms with van der Waals surface area (Å²) in [7, 11) is -1.00. The van der Waals surface area contributed by atoms with Gasteiger partial charge in [0, 0.05) is 94.0 Å². The van der Waals surface area contributed by atoms with Crippen molar-refractivity contribution in [3.63, 3.8) is 0 Å². The number of nitrogens with zero attached hydrogens (tertiary/aromatic N) is 6. The second-order valence-electron chi connectivity index (χ2n) is 17.3. The lowest BCUT2D eigenvalue weighted by atomic mass is 9.97. The Balaban J connectivity index is 0.914. The Morgan fingerprint density at radius 2 is 1.64 bits per heavy atom. The summed E-state index contributed by atoms with van der Waals surface area (Å²) >= 11 is 6.55. The Bertz CT molecular complexity index is 2410. The Labute approximate surface area is 381 Å². The smallest absolute Gasteiger partial charge is 0.255 e. The molecule has 1 unspecified atom stereocenters. The molecule has 2 fully saturated rings. The third-order valence-corrected chi connectivity index (χ3v) is 14.8. The summed E-state index contributed by atoms with van der Waals surface area (Å²) in [5, 5.41) is 10.4. The molecule has 340 valence electrons. The van der Waals surface area contributed by atoms with Crippen LogP contribution in [0.2, 0.25) is 5.02 Å². The first-order chi connectivity index (χ1) is 30.8. The molecule has 0 aliphatic carbocycles. The molecule has 0 saturated carbocycles. The third-order valence-electron chi connectivity index (χ3n) is 13.0. The van der Waals surface area contributed by atoms with Gasteiger partial charge in [-0.2, -0.15) is 4.98 Å². The van der Waals surface area contributed by atoms with Crippen LogP contribution in [0.25, 0.3) is 0 Å². The lowest BCUT2D eigenvalue weighted by Crippen LogP contribution is -2.54. The van der Waals surface area contributed by atoms with Crippen molar-refractivity contribution in [3.8, 4) is 0 Å². The van der Waals surface area contributed by atoms with Gasteiger partial charge in [0.1, 0.15) is 18.5 Å². The summed E-state index contributed by atoms with van der Waals surface area (Å²) in [6, 6.07) is 17.4. The third kappa shape index (κ3) is 10.6. The number of aryl methyl sites for hydroxylation is 3. The number of hydrogen-bond donors (Lipinski definition) is 3. The van der Waals surface area contributed by atoms with Crippen LogP contribution in [0.1, 0.15) is 78.6 Å². The van der Waals surface area contributed by atoms with Crippen LogP contribution < -0.4 is 26.2 Å². The van der Waals surface area contributed by atoms with Gasteiger partial charge in [-0.15, -0.1) is 0 Å². The SMILES string of the molecule is CCc1cc(N2CCC(N3CCN(C(=O)CCc4cccc5c4CN(C(C=O)CCC(=O)NC)C5=O)CC3)CC2)c(CC)cc1Nc1ncc(Cl)c(Nc2ccccc2P(C)(C)=O)n1. The summed E-state index contributed by atoms with van der Waals surface area (Å²) in [4.78, 5) is 68.4. The first kappa shape index (κ1) is 46.7. The van der Waals surface area contributed by atoms with Gasteiger partial charge in [-0.25, -0.2) is 4.98 Å². The van der Waals surface area contributed by atoms with Gasteiger partial charge in [-0.05, 0) is 104 Å². The van der Waals surface area contributed by atoms with Crippen molar-refractivity contribution in [2.75, 3.05) is 75.2 Å². The summed E-state index contributed by atoms with van der Waals surface area (Å²) in [6.45, 7) is 13.1. The zero-order chi connectivity index (χ0) is 45.5. The fourth-order valence-electron chi connectivity index (χ4n) is 9.30. The van der Waals surface area contributed by atoms with Crippen LogP contribution in [0, 0.1) is 0 Å². The number of piperazine rings is 1. The molecule has 16 heteroatoms. The molecule has 1 atom stereocenters. The van der Waals surface area contributed by atoms with Crippen LogP contribution in [0.4, 0.5) is 28.8 Å². The predicted octanol–water partition coefficient (Wildman–Crippen LogP) is 6.79. The second kappa shape index (κ2) is 20.7. The van der Waals surface area contributed by atoms with Gasteiger partial charge < -0.3 is 40.0 Å². The van der Waals surface area contributed by atoms with Crippen molar-refractivity contribution in [2.24, 2.45) is 0 Å². The average Bonchev–Trinajstić information content (AvgIpc) is 3.65. The number of piperidine rings is 1. The minimum atomic E-state index is -2.55. The minimum absolute atomic E-state index is 0.118. The van der Waals surface area contributed by atoms with Crippen LogP contribution in [-0.4, -0.2) is 120 Å². The number of aldehydes is 1. The lowest BCUT2D eigenvalue weighted by Gasteiger charge is -2.43. The molecule has 1 aromatic heterocycles. The van der Waals surface area contributed by atoms with Gasteiger partial charge in [0.25, 0.3) is 5.91 Å². The maximum atomic E-state index is 13.5. The summed E-state index contributed by atoms with van der Waals surface area (Å²) in [5.74, 6) is 0.589. The molecule has 3 aliphatic rings. The molecule has 0 spiro atoms. The molecule has 14 nitrogen and oxygen atoms in total. The van der Waals surface area contributed by atoms with Crippen LogP contribution in [0.5, 0.6) is 0 Å². The number of halogens is 1. The first-order valence-electron chi connectivity index (χ1n) is 22.5. The summed E-state index contributed by atoms with van der Waals surface area (Å²) in [6.07, 6.45) is 7.41. The topological polar surface area (TPSA) is 160 Å². The normalized spacial score (nSPS) is 16.4. The molecule has 4 heterocycles. The molecule has 3 N–H and O–H groups in total. The van der Waals surface area contributed by atoms with E-state index in [1.165, 1.54) is 16.8 Å². The maximum absolute atomic E-state index is 13.5. The monoisotopic (exact) mass is 909 g/mol. The van der Waals surface area contributed by atoms with Gasteiger partial charge in [-0.3, -0.25) is 19.3 Å². The van der Waals surface area contributed by atoms with Crippen molar-refractivity contribution >= 4 is 76.9 Å². The van der Waals surface area contributed by atoms with Crippen molar-refractivity contribution in [2.45, 2.75) is 83.8 Å². The molecule has 3 aliphatic heterocycles. The van der Waals surface area contributed by atoms with E-state index < -0.39 is 13.2 Å². The Hall–Kier alpha value is -5.30. The Kier molecular flexibility index (Phi) is 15.1. The van der Waals surface area contributed by atoms with Crippen LogP contribution in [0.15, 0.2) is 60.8 Å². The highest BCUT2D eigenvalue weighted by atomic mass is 35.5. The zero-order valence-corrected chi connectivity index (χ0v) is 39.3. The van der Waals surface area contributed by atoms with Crippen molar-refractivity contribution in [1.29, 1.82) is 0 Å². The van der Waals surface area contributed by atoms with E-state index in [9.17, 15) is 23.7 Å². The molecule has 0 bridgehead atoms. The number of fused-ring (bicyclic) bond motifs is 1. The summed E-state index contributed by atoms with van der Waals surface area (Å²) < 4.78 is 13.0. The number of benzene rings is 3. The maximum Gasteiger partial charge on any atom is 0.255 e. The number of para-hydroxylation sites is 1. The van der Waals surface area contributed by atoms with Crippen molar-refractivity contribution < 1.29 is 23.7 Å². The van der Waals surface area contributed by atoms with Gasteiger partial charge in [0.2, 0.25) is 17.8 Å². The number of aromatic nitrogens is 2.